The first-order valence-electron chi connectivity index (χ1n) is 5.98. The van der Waals surface area contributed by atoms with Gasteiger partial charge in [-0.15, -0.1) is 0 Å². The van der Waals surface area contributed by atoms with Gasteiger partial charge >= 0.3 is 5.97 Å². The molecule has 0 bridgehead atoms. The van der Waals surface area contributed by atoms with Crippen molar-refractivity contribution in [3.05, 3.63) is 12.4 Å². The van der Waals surface area contributed by atoms with Crippen molar-refractivity contribution < 1.29 is 14.6 Å². The number of nitrogens with one attached hydrogen (secondary N) is 1. The van der Waals surface area contributed by atoms with Gasteiger partial charge in [-0.3, -0.25) is 9.78 Å². The van der Waals surface area contributed by atoms with Crippen LogP contribution in [0.15, 0.2) is 12.4 Å². The Morgan fingerprint density at radius 2 is 2.22 bits per heavy atom. The van der Waals surface area contributed by atoms with Gasteiger partial charge in [0, 0.05) is 6.54 Å². The molecule has 0 saturated carbocycles. The molecule has 0 radical (unpaired) electrons. The molecule has 0 fully saturated rings. The summed E-state index contributed by atoms with van der Waals surface area (Å²) in [6, 6.07) is 0. The van der Waals surface area contributed by atoms with Crippen LogP contribution in [0.1, 0.15) is 27.2 Å². The lowest BCUT2D eigenvalue weighted by molar-refractivity contribution is -0.141. The van der Waals surface area contributed by atoms with E-state index in [1.807, 2.05) is 20.8 Å². The highest BCUT2D eigenvalue weighted by molar-refractivity contribution is 5.70. The van der Waals surface area contributed by atoms with Crippen LogP contribution in [0, 0.1) is 5.92 Å². The molecule has 6 heteroatoms. The summed E-state index contributed by atoms with van der Waals surface area (Å²) in [6.07, 6.45) is 3.66. The molecule has 0 spiro atoms. The molecule has 1 aromatic heterocycles. The van der Waals surface area contributed by atoms with Crippen LogP contribution in [0.5, 0.6) is 5.88 Å². The average molecular weight is 253 g/mol. The van der Waals surface area contributed by atoms with Gasteiger partial charge in [-0.2, -0.15) is 4.98 Å². The number of carboxylic acids is 1. The third-order valence-corrected chi connectivity index (χ3v) is 2.34. The van der Waals surface area contributed by atoms with Crippen LogP contribution in [0.4, 0.5) is 5.82 Å². The highest BCUT2D eigenvalue weighted by atomic mass is 16.5. The number of aromatic nitrogens is 2. The average Bonchev–Trinajstić information content (AvgIpc) is 2.29. The van der Waals surface area contributed by atoms with Gasteiger partial charge in [0.15, 0.2) is 0 Å². The Labute approximate surface area is 106 Å². The Hall–Kier alpha value is -1.85. The fourth-order valence-corrected chi connectivity index (χ4v) is 1.37. The van der Waals surface area contributed by atoms with Crippen molar-refractivity contribution in [1.29, 1.82) is 0 Å². The molecule has 0 aromatic carbocycles. The van der Waals surface area contributed by atoms with Crippen LogP contribution in [0.3, 0.4) is 0 Å². The first-order valence-corrected chi connectivity index (χ1v) is 5.98. The molecule has 100 valence electrons. The van der Waals surface area contributed by atoms with Crippen LogP contribution < -0.4 is 10.1 Å². The SMILES string of the molecule is CCC(CNc1cncc(OC(C)C)n1)C(=O)O. The molecular weight excluding hydrogens is 234 g/mol. The lowest BCUT2D eigenvalue weighted by Crippen LogP contribution is -2.22. The molecule has 18 heavy (non-hydrogen) atoms. The maximum Gasteiger partial charge on any atom is 0.308 e. The summed E-state index contributed by atoms with van der Waals surface area (Å²) in [4.78, 5) is 19.0. The Kier molecular flexibility index (Phi) is 5.35. The molecule has 6 nitrogen and oxygen atoms in total. The van der Waals surface area contributed by atoms with Crippen LogP contribution in [0.25, 0.3) is 0 Å². The maximum absolute atomic E-state index is 10.9. The van der Waals surface area contributed by atoms with E-state index in [4.69, 9.17) is 9.84 Å². The van der Waals surface area contributed by atoms with Crippen molar-refractivity contribution in [2.75, 3.05) is 11.9 Å². The lowest BCUT2D eigenvalue weighted by Gasteiger charge is -2.12. The van der Waals surface area contributed by atoms with E-state index in [2.05, 4.69) is 15.3 Å². The van der Waals surface area contributed by atoms with Crippen LogP contribution >= 0.6 is 0 Å². The minimum Gasteiger partial charge on any atom is -0.481 e. The Morgan fingerprint density at radius 1 is 1.50 bits per heavy atom. The fraction of sp³-hybridized carbons (Fsp3) is 0.583. The standard InChI is InChI=1S/C12H19N3O3/c1-4-9(12(16)17)5-14-10-6-13-7-11(15-10)18-8(2)3/h6-9H,4-5H2,1-3H3,(H,14,15)(H,16,17). The van der Waals surface area contributed by atoms with Crippen molar-refractivity contribution in [3.8, 4) is 5.88 Å². The minimum absolute atomic E-state index is 0.0250. The van der Waals surface area contributed by atoms with Gasteiger partial charge in [-0.05, 0) is 20.3 Å². The summed E-state index contributed by atoms with van der Waals surface area (Å²) in [5, 5.41) is 11.9. The molecule has 1 aromatic rings. The fourth-order valence-electron chi connectivity index (χ4n) is 1.37. The molecule has 1 atom stereocenters. The first kappa shape index (κ1) is 14.2. The summed E-state index contributed by atoms with van der Waals surface area (Å²) in [7, 11) is 0. The number of carboxylic acid groups (broad SMARTS) is 1. The normalized spacial score (nSPS) is 12.2. The zero-order chi connectivity index (χ0) is 13.5. The number of rotatable bonds is 7. The van der Waals surface area contributed by atoms with E-state index in [1.54, 1.807) is 6.20 Å². The molecule has 0 aliphatic carbocycles. The molecule has 0 aliphatic heterocycles. The van der Waals surface area contributed by atoms with Crippen molar-refractivity contribution in [2.24, 2.45) is 5.92 Å². The first-order chi connectivity index (χ1) is 8.52. The predicted octanol–water partition coefficient (Wildman–Crippen LogP) is 1.79. The van der Waals surface area contributed by atoms with Crippen LogP contribution in [0.2, 0.25) is 0 Å². The second-order valence-corrected chi connectivity index (χ2v) is 4.23. The Morgan fingerprint density at radius 3 is 2.78 bits per heavy atom. The van der Waals surface area contributed by atoms with E-state index in [0.29, 0.717) is 24.7 Å². The van der Waals surface area contributed by atoms with Crippen molar-refractivity contribution in [3.63, 3.8) is 0 Å². The molecule has 1 unspecified atom stereocenters. The van der Waals surface area contributed by atoms with E-state index in [9.17, 15) is 4.79 Å². The number of aliphatic carboxylic acids is 1. The summed E-state index contributed by atoms with van der Waals surface area (Å²) >= 11 is 0. The highest BCUT2D eigenvalue weighted by Crippen LogP contribution is 2.12. The van der Waals surface area contributed by atoms with Crippen molar-refractivity contribution >= 4 is 11.8 Å². The molecule has 0 saturated heterocycles. The van der Waals surface area contributed by atoms with Crippen molar-refractivity contribution in [1.82, 2.24) is 9.97 Å². The molecular formula is C12H19N3O3. The predicted molar refractivity (Wildman–Crippen MR) is 67.7 cm³/mol. The molecule has 1 heterocycles. The van der Waals surface area contributed by atoms with E-state index >= 15 is 0 Å². The van der Waals surface area contributed by atoms with Crippen LogP contribution in [-0.2, 0) is 4.79 Å². The summed E-state index contributed by atoms with van der Waals surface area (Å²) in [5.74, 6) is -0.291. The quantitative estimate of drug-likeness (QED) is 0.770. The van der Waals surface area contributed by atoms with Gasteiger partial charge < -0.3 is 15.2 Å². The lowest BCUT2D eigenvalue weighted by atomic mass is 10.1. The zero-order valence-electron chi connectivity index (χ0n) is 10.9. The zero-order valence-corrected chi connectivity index (χ0v) is 10.9. The largest absolute Gasteiger partial charge is 0.481 e. The summed E-state index contributed by atoms with van der Waals surface area (Å²) in [5.41, 5.74) is 0. The molecule has 0 amide bonds. The number of hydrogen-bond donors (Lipinski definition) is 2. The maximum atomic E-state index is 10.9. The monoisotopic (exact) mass is 253 g/mol. The van der Waals surface area contributed by atoms with Crippen molar-refractivity contribution in [2.45, 2.75) is 33.3 Å². The third kappa shape index (κ3) is 4.57. The number of ether oxygens (including phenoxy) is 1. The van der Waals surface area contributed by atoms with Gasteiger partial charge in [0.05, 0.1) is 24.4 Å². The van der Waals surface area contributed by atoms with Gasteiger partial charge in [0.1, 0.15) is 5.82 Å². The van der Waals surface area contributed by atoms with Gasteiger partial charge in [-0.1, -0.05) is 6.92 Å². The number of hydrogen-bond acceptors (Lipinski definition) is 5. The second kappa shape index (κ2) is 6.78. The third-order valence-electron chi connectivity index (χ3n) is 2.34. The summed E-state index contributed by atoms with van der Waals surface area (Å²) < 4.78 is 5.41. The summed E-state index contributed by atoms with van der Waals surface area (Å²) in [6.45, 7) is 5.97. The van der Waals surface area contributed by atoms with E-state index in [-0.39, 0.29) is 6.10 Å². The molecule has 2 N–H and O–H groups in total. The van der Waals surface area contributed by atoms with Gasteiger partial charge in [-0.25, -0.2) is 0 Å². The second-order valence-electron chi connectivity index (χ2n) is 4.23. The number of anilines is 1. The van der Waals surface area contributed by atoms with E-state index < -0.39 is 11.9 Å². The Bertz CT molecular complexity index is 396. The van der Waals surface area contributed by atoms with Gasteiger partial charge in [0.2, 0.25) is 5.88 Å². The number of carbonyl (C=O) groups is 1. The number of nitrogens with zero attached hydrogens (tertiary/aromatic N) is 2. The van der Waals surface area contributed by atoms with E-state index in [0.717, 1.165) is 0 Å². The van der Waals surface area contributed by atoms with Crippen LogP contribution in [-0.4, -0.2) is 33.7 Å². The van der Waals surface area contributed by atoms with Gasteiger partial charge in [0.25, 0.3) is 0 Å². The highest BCUT2D eigenvalue weighted by Gasteiger charge is 2.14. The topological polar surface area (TPSA) is 84.3 Å². The molecule has 0 aliphatic rings. The van der Waals surface area contributed by atoms with E-state index in [1.165, 1.54) is 6.20 Å². The molecule has 1 rings (SSSR count). The smallest absolute Gasteiger partial charge is 0.308 e. The Balaban J connectivity index is 2.59. The minimum atomic E-state index is -0.812.